The fourth-order valence-corrected chi connectivity index (χ4v) is 4.11. The largest absolute Gasteiger partial charge is 0.507 e. The van der Waals surface area contributed by atoms with Crippen LogP contribution in [-0.4, -0.2) is 36.9 Å². The summed E-state index contributed by atoms with van der Waals surface area (Å²) in [5.41, 5.74) is -0.916. The molecule has 0 aromatic heterocycles. The molecule has 0 radical (unpaired) electrons. The maximum atomic E-state index is 13.8. The number of aromatic hydroxyl groups is 1. The lowest BCUT2D eigenvalue weighted by molar-refractivity contribution is -0.384. The van der Waals surface area contributed by atoms with E-state index in [2.05, 4.69) is 26.0 Å². The molecule has 0 fully saturated rings. The third-order valence-corrected chi connectivity index (χ3v) is 6.24. The van der Waals surface area contributed by atoms with E-state index in [0.29, 0.717) is 4.47 Å². The maximum Gasteiger partial charge on any atom is 0.342 e. The van der Waals surface area contributed by atoms with Crippen LogP contribution >= 0.6 is 15.9 Å². The van der Waals surface area contributed by atoms with E-state index in [4.69, 9.17) is 4.74 Å². The standard InChI is InChI=1S/C21H15BrFN3O8S/c22-12-1-7-18(17(23)9-12)24-20(28)11-34-21(29)16-10-15(6-8-19(16)27)35(32,33)25-13-2-4-14(5-3-13)26(30)31/h1-10,25,27H,11H2,(H,24,28). The zero-order valence-electron chi connectivity index (χ0n) is 17.4. The minimum atomic E-state index is -4.26. The molecule has 0 saturated carbocycles. The first-order valence-electron chi connectivity index (χ1n) is 9.48. The predicted octanol–water partition coefficient (Wildman–Crippen LogP) is 3.80. The molecule has 0 aliphatic rings. The van der Waals surface area contributed by atoms with Crippen LogP contribution in [0.2, 0.25) is 0 Å². The van der Waals surface area contributed by atoms with Crippen LogP contribution in [0.3, 0.4) is 0 Å². The number of ether oxygens (including phenoxy) is 1. The molecule has 0 atom stereocenters. The second-order valence-corrected chi connectivity index (χ2v) is 9.43. The van der Waals surface area contributed by atoms with Gasteiger partial charge >= 0.3 is 5.97 Å². The first-order chi connectivity index (χ1) is 16.5. The summed E-state index contributed by atoms with van der Waals surface area (Å²) in [7, 11) is -4.26. The van der Waals surface area contributed by atoms with Crippen molar-refractivity contribution in [2.45, 2.75) is 4.90 Å². The number of hydrogen-bond acceptors (Lipinski definition) is 8. The molecule has 182 valence electrons. The average Bonchev–Trinajstić information content (AvgIpc) is 2.79. The number of amides is 1. The quantitative estimate of drug-likeness (QED) is 0.210. The zero-order chi connectivity index (χ0) is 25.8. The Morgan fingerprint density at radius 2 is 1.77 bits per heavy atom. The molecule has 0 saturated heterocycles. The predicted molar refractivity (Wildman–Crippen MR) is 125 cm³/mol. The Hall–Kier alpha value is -4.04. The lowest BCUT2D eigenvalue weighted by Crippen LogP contribution is -2.21. The summed E-state index contributed by atoms with van der Waals surface area (Å²) in [6, 6.07) is 11.2. The van der Waals surface area contributed by atoms with E-state index in [1.54, 1.807) is 0 Å². The van der Waals surface area contributed by atoms with Gasteiger partial charge in [-0.1, -0.05) is 15.9 Å². The van der Waals surface area contributed by atoms with Crippen LogP contribution in [0.15, 0.2) is 70.0 Å². The van der Waals surface area contributed by atoms with E-state index in [0.717, 1.165) is 36.4 Å². The van der Waals surface area contributed by atoms with Crippen molar-refractivity contribution in [2.75, 3.05) is 16.6 Å². The number of hydrogen-bond donors (Lipinski definition) is 3. The summed E-state index contributed by atoms with van der Waals surface area (Å²) in [6.45, 7) is -0.841. The Labute approximate surface area is 205 Å². The van der Waals surface area contributed by atoms with Gasteiger partial charge in [-0.3, -0.25) is 19.6 Å². The molecular formula is C21H15BrFN3O8S. The number of phenolic OH excluding ortho intramolecular Hbond substituents is 1. The van der Waals surface area contributed by atoms with Crippen molar-refractivity contribution >= 4 is 54.9 Å². The number of esters is 1. The molecule has 3 rings (SSSR count). The molecule has 0 bridgehead atoms. The first-order valence-corrected chi connectivity index (χ1v) is 11.8. The summed E-state index contributed by atoms with van der Waals surface area (Å²) in [6.07, 6.45) is 0. The number of nitrogens with zero attached hydrogens (tertiary/aromatic N) is 1. The van der Waals surface area contributed by atoms with Crippen LogP contribution in [0.1, 0.15) is 10.4 Å². The molecule has 14 heteroatoms. The molecule has 0 heterocycles. The van der Waals surface area contributed by atoms with Crippen molar-refractivity contribution in [3.63, 3.8) is 0 Å². The van der Waals surface area contributed by atoms with Crippen LogP contribution in [0.25, 0.3) is 0 Å². The van der Waals surface area contributed by atoms with Gasteiger partial charge in [0.2, 0.25) is 0 Å². The molecule has 0 aliphatic carbocycles. The molecule has 0 unspecified atom stereocenters. The minimum Gasteiger partial charge on any atom is -0.507 e. The van der Waals surface area contributed by atoms with Gasteiger partial charge in [0, 0.05) is 22.3 Å². The highest BCUT2D eigenvalue weighted by Crippen LogP contribution is 2.25. The zero-order valence-corrected chi connectivity index (χ0v) is 19.8. The Kier molecular flexibility index (Phi) is 7.66. The van der Waals surface area contributed by atoms with Gasteiger partial charge in [-0.2, -0.15) is 0 Å². The fraction of sp³-hybridized carbons (Fsp3) is 0.0476. The lowest BCUT2D eigenvalue weighted by Gasteiger charge is -2.11. The molecule has 1 amide bonds. The third-order valence-electron chi connectivity index (χ3n) is 4.37. The van der Waals surface area contributed by atoms with Crippen molar-refractivity contribution in [2.24, 2.45) is 0 Å². The van der Waals surface area contributed by atoms with Gasteiger partial charge in [0.1, 0.15) is 17.1 Å². The lowest BCUT2D eigenvalue weighted by atomic mass is 10.2. The average molecular weight is 568 g/mol. The number of phenols is 1. The summed E-state index contributed by atoms with van der Waals surface area (Å²) < 4.78 is 46.6. The molecule has 3 N–H and O–H groups in total. The number of anilines is 2. The van der Waals surface area contributed by atoms with Crippen molar-refractivity contribution in [1.29, 1.82) is 0 Å². The fourth-order valence-electron chi connectivity index (χ4n) is 2.70. The number of carbonyl (C=O) groups is 2. The Balaban J connectivity index is 1.70. The van der Waals surface area contributed by atoms with Crippen LogP contribution in [-0.2, 0) is 19.6 Å². The van der Waals surface area contributed by atoms with Crippen molar-refractivity contribution in [1.82, 2.24) is 0 Å². The molecule has 3 aromatic carbocycles. The highest BCUT2D eigenvalue weighted by atomic mass is 79.9. The topological polar surface area (TPSA) is 165 Å². The van der Waals surface area contributed by atoms with Gasteiger partial charge in [0.05, 0.1) is 15.5 Å². The van der Waals surface area contributed by atoms with E-state index < -0.39 is 55.5 Å². The molecule has 0 spiro atoms. The summed E-state index contributed by atoms with van der Waals surface area (Å²) in [5, 5.41) is 22.9. The molecule has 35 heavy (non-hydrogen) atoms. The Morgan fingerprint density at radius 1 is 1.09 bits per heavy atom. The Morgan fingerprint density at radius 3 is 2.40 bits per heavy atom. The van der Waals surface area contributed by atoms with E-state index in [9.17, 15) is 37.6 Å². The second-order valence-electron chi connectivity index (χ2n) is 6.84. The van der Waals surface area contributed by atoms with Crippen LogP contribution in [0.4, 0.5) is 21.5 Å². The van der Waals surface area contributed by atoms with Gasteiger partial charge in [0.25, 0.3) is 21.6 Å². The maximum absolute atomic E-state index is 13.8. The minimum absolute atomic E-state index is 0.0182. The number of nitrogens with one attached hydrogen (secondary N) is 2. The monoisotopic (exact) mass is 567 g/mol. The van der Waals surface area contributed by atoms with Gasteiger partial charge in [-0.25, -0.2) is 17.6 Å². The van der Waals surface area contributed by atoms with E-state index in [1.165, 1.54) is 24.3 Å². The molecular weight excluding hydrogens is 553 g/mol. The molecule has 0 aliphatic heterocycles. The smallest absolute Gasteiger partial charge is 0.342 e. The van der Waals surface area contributed by atoms with Gasteiger partial charge in [0.15, 0.2) is 6.61 Å². The van der Waals surface area contributed by atoms with E-state index >= 15 is 0 Å². The number of rotatable bonds is 8. The Bertz CT molecular complexity index is 1410. The molecule has 11 nitrogen and oxygen atoms in total. The van der Waals surface area contributed by atoms with Gasteiger partial charge < -0.3 is 15.2 Å². The highest BCUT2D eigenvalue weighted by Gasteiger charge is 2.21. The van der Waals surface area contributed by atoms with Crippen LogP contribution in [0.5, 0.6) is 5.75 Å². The summed E-state index contributed by atoms with van der Waals surface area (Å²) >= 11 is 3.07. The molecule has 3 aromatic rings. The summed E-state index contributed by atoms with van der Waals surface area (Å²) in [5.74, 6) is -3.41. The number of nitro groups is 1. The van der Waals surface area contributed by atoms with Crippen molar-refractivity contribution in [3.05, 3.63) is 86.6 Å². The number of sulfonamides is 1. The van der Waals surface area contributed by atoms with E-state index in [1.807, 2.05) is 0 Å². The number of halogens is 2. The van der Waals surface area contributed by atoms with Crippen molar-refractivity contribution < 1.29 is 37.2 Å². The van der Waals surface area contributed by atoms with Crippen LogP contribution in [0, 0.1) is 15.9 Å². The van der Waals surface area contributed by atoms with Gasteiger partial charge in [-0.05, 0) is 48.5 Å². The number of benzene rings is 3. The number of carbonyl (C=O) groups excluding carboxylic acids is 2. The number of nitro benzene ring substituents is 1. The highest BCUT2D eigenvalue weighted by molar-refractivity contribution is 9.10. The van der Waals surface area contributed by atoms with Crippen LogP contribution < -0.4 is 10.0 Å². The van der Waals surface area contributed by atoms with E-state index in [-0.39, 0.29) is 17.1 Å². The number of non-ortho nitro benzene ring substituents is 1. The third kappa shape index (κ3) is 6.51. The van der Waals surface area contributed by atoms with Crippen molar-refractivity contribution in [3.8, 4) is 5.75 Å². The summed E-state index contributed by atoms with van der Waals surface area (Å²) in [4.78, 5) is 34.0. The van der Waals surface area contributed by atoms with Gasteiger partial charge in [-0.15, -0.1) is 0 Å². The normalized spacial score (nSPS) is 10.9. The first kappa shape index (κ1) is 25.6. The second kappa shape index (κ2) is 10.5. The SMILES string of the molecule is O=C(COC(=O)c1cc(S(=O)(=O)Nc2ccc([N+](=O)[O-])cc2)ccc1O)Nc1ccc(Br)cc1F.